The lowest BCUT2D eigenvalue weighted by Gasteiger charge is -2.13. The molecule has 2 aromatic rings. The van der Waals surface area contributed by atoms with Crippen molar-refractivity contribution >= 4 is 16.9 Å². The van der Waals surface area contributed by atoms with Gasteiger partial charge in [-0.05, 0) is 19.1 Å². The SMILES string of the molecule is COC(=O)[C@H](C)Oc1cccc2cccnc12. The van der Waals surface area contributed by atoms with Crippen LogP contribution in [0.1, 0.15) is 6.92 Å². The summed E-state index contributed by atoms with van der Waals surface area (Å²) < 4.78 is 10.2. The number of nitrogens with zero attached hydrogens (tertiary/aromatic N) is 1. The molecule has 0 amide bonds. The highest BCUT2D eigenvalue weighted by atomic mass is 16.6. The van der Waals surface area contributed by atoms with Gasteiger partial charge < -0.3 is 9.47 Å². The van der Waals surface area contributed by atoms with Gasteiger partial charge in [0.2, 0.25) is 0 Å². The maximum absolute atomic E-state index is 11.3. The van der Waals surface area contributed by atoms with Crippen molar-refractivity contribution < 1.29 is 14.3 Å². The van der Waals surface area contributed by atoms with E-state index >= 15 is 0 Å². The predicted octanol–water partition coefficient (Wildman–Crippen LogP) is 2.18. The number of carbonyl (C=O) groups is 1. The second-order valence-electron chi connectivity index (χ2n) is 3.61. The van der Waals surface area contributed by atoms with Crippen LogP contribution in [0.3, 0.4) is 0 Å². The van der Waals surface area contributed by atoms with Crippen molar-refractivity contribution in [2.24, 2.45) is 0 Å². The van der Waals surface area contributed by atoms with Gasteiger partial charge in [-0.25, -0.2) is 4.79 Å². The number of para-hydroxylation sites is 1. The summed E-state index contributed by atoms with van der Waals surface area (Å²) in [4.78, 5) is 15.5. The van der Waals surface area contributed by atoms with Crippen molar-refractivity contribution in [3.63, 3.8) is 0 Å². The Hall–Kier alpha value is -2.10. The second kappa shape index (κ2) is 4.82. The van der Waals surface area contributed by atoms with E-state index in [0.717, 1.165) is 10.9 Å². The van der Waals surface area contributed by atoms with E-state index < -0.39 is 12.1 Å². The molecule has 1 heterocycles. The van der Waals surface area contributed by atoms with E-state index in [4.69, 9.17) is 4.74 Å². The molecule has 0 aliphatic carbocycles. The number of hydrogen-bond donors (Lipinski definition) is 0. The monoisotopic (exact) mass is 231 g/mol. The van der Waals surface area contributed by atoms with Crippen LogP contribution >= 0.6 is 0 Å². The molecule has 0 saturated carbocycles. The average molecular weight is 231 g/mol. The fourth-order valence-corrected chi connectivity index (χ4v) is 1.58. The molecule has 0 aliphatic rings. The van der Waals surface area contributed by atoms with Gasteiger partial charge in [0.1, 0.15) is 11.3 Å². The normalized spacial score (nSPS) is 12.1. The van der Waals surface area contributed by atoms with Gasteiger partial charge >= 0.3 is 5.97 Å². The number of benzene rings is 1. The Morgan fingerprint density at radius 3 is 2.82 bits per heavy atom. The van der Waals surface area contributed by atoms with E-state index in [1.165, 1.54) is 7.11 Å². The number of aromatic nitrogens is 1. The van der Waals surface area contributed by atoms with Crippen molar-refractivity contribution in [3.8, 4) is 5.75 Å². The van der Waals surface area contributed by atoms with Gasteiger partial charge in [-0.15, -0.1) is 0 Å². The molecule has 1 atom stereocenters. The fourth-order valence-electron chi connectivity index (χ4n) is 1.58. The van der Waals surface area contributed by atoms with Gasteiger partial charge in [0.15, 0.2) is 6.10 Å². The molecule has 17 heavy (non-hydrogen) atoms. The molecule has 1 aromatic heterocycles. The molecule has 4 nitrogen and oxygen atoms in total. The lowest BCUT2D eigenvalue weighted by molar-refractivity contribution is -0.147. The van der Waals surface area contributed by atoms with Gasteiger partial charge in [0, 0.05) is 11.6 Å². The Balaban J connectivity index is 2.33. The largest absolute Gasteiger partial charge is 0.477 e. The van der Waals surface area contributed by atoms with Crippen LogP contribution in [0, 0.1) is 0 Å². The summed E-state index contributed by atoms with van der Waals surface area (Å²) in [5.41, 5.74) is 0.741. The molecular weight excluding hydrogens is 218 g/mol. The van der Waals surface area contributed by atoms with E-state index in [1.807, 2.05) is 24.3 Å². The third kappa shape index (κ3) is 2.36. The van der Waals surface area contributed by atoms with Crippen LogP contribution in [0.5, 0.6) is 5.75 Å². The Kier molecular flexibility index (Phi) is 3.23. The minimum Gasteiger partial charge on any atom is -0.477 e. The first-order chi connectivity index (χ1) is 8.22. The molecular formula is C13H13NO3. The Bertz CT molecular complexity index is 534. The number of methoxy groups -OCH3 is 1. The van der Waals surface area contributed by atoms with Crippen LogP contribution in [0.15, 0.2) is 36.5 Å². The summed E-state index contributed by atoms with van der Waals surface area (Å²) in [5, 5.41) is 0.974. The first-order valence-electron chi connectivity index (χ1n) is 5.30. The number of fused-ring (bicyclic) bond motifs is 1. The number of esters is 1. The number of carbonyl (C=O) groups excluding carboxylic acids is 1. The van der Waals surface area contributed by atoms with Gasteiger partial charge in [-0.1, -0.05) is 18.2 Å². The summed E-state index contributed by atoms with van der Waals surface area (Å²) in [5.74, 6) is 0.180. The summed E-state index contributed by atoms with van der Waals surface area (Å²) in [6, 6.07) is 9.39. The molecule has 4 heteroatoms. The van der Waals surface area contributed by atoms with E-state index in [-0.39, 0.29) is 0 Å². The molecule has 0 aliphatic heterocycles. The zero-order valence-electron chi connectivity index (χ0n) is 9.71. The Morgan fingerprint density at radius 2 is 2.06 bits per heavy atom. The van der Waals surface area contributed by atoms with E-state index in [0.29, 0.717) is 5.75 Å². The van der Waals surface area contributed by atoms with E-state index in [2.05, 4.69) is 9.72 Å². The highest BCUT2D eigenvalue weighted by molar-refractivity contribution is 5.84. The zero-order valence-corrected chi connectivity index (χ0v) is 9.71. The van der Waals surface area contributed by atoms with Crippen LogP contribution in [-0.4, -0.2) is 24.2 Å². The summed E-state index contributed by atoms with van der Waals surface area (Å²) >= 11 is 0. The third-order valence-corrected chi connectivity index (χ3v) is 2.43. The molecule has 1 aromatic carbocycles. The average Bonchev–Trinajstić information content (AvgIpc) is 2.38. The predicted molar refractivity (Wildman–Crippen MR) is 63.8 cm³/mol. The summed E-state index contributed by atoms with van der Waals surface area (Å²) in [6.07, 6.45) is 1.05. The minimum absolute atomic E-state index is 0.405. The first kappa shape index (κ1) is 11.4. The van der Waals surface area contributed by atoms with Gasteiger partial charge in [-0.3, -0.25) is 4.98 Å². The molecule has 2 rings (SSSR count). The van der Waals surface area contributed by atoms with Crippen molar-refractivity contribution in [1.82, 2.24) is 4.98 Å². The number of ether oxygens (including phenoxy) is 2. The quantitative estimate of drug-likeness (QED) is 0.759. The van der Waals surface area contributed by atoms with Crippen LogP contribution in [0.25, 0.3) is 10.9 Å². The molecule has 0 radical (unpaired) electrons. The standard InChI is InChI=1S/C13H13NO3/c1-9(13(15)16-2)17-11-7-3-5-10-6-4-8-14-12(10)11/h3-9H,1-2H3/t9-/m0/s1. The molecule has 0 fully saturated rings. The summed E-state index contributed by atoms with van der Waals surface area (Å²) in [6.45, 7) is 1.65. The third-order valence-electron chi connectivity index (χ3n) is 2.43. The van der Waals surface area contributed by atoms with E-state index in [1.54, 1.807) is 19.2 Å². The van der Waals surface area contributed by atoms with Gasteiger partial charge in [-0.2, -0.15) is 0 Å². The van der Waals surface area contributed by atoms with Gasteiger partial charge in [0.25, 0.3) is 0 Å². The van der Waals surface area contributed by atoms with Crippen LogP contribution in [0.2, 0.25) is 0 Å². The van der Waals surface area contributed by atoms with Crippen molar-refractivity contribution in [2.45, 2.75) is 13.0 Å². The van der Waals surface area contributed by atoms with Crippen molar-refractivity contribution in [2.75, 3.05) is 7.11 Å². The molecule has 0 unspecified atom stereocenters. The Labute approximate surface area is 99.2 Å². The van der Waals surface area contributed by atoms with E-state index in [9.17, 15) is 4.79 Å². The molecule has 0 N–H and O–H groups in total. The Morgan fingerprint density at radius 1 is 1.29 bits per heavy atom. The fraction of sp³-hybridized carbons (Fsp3) is 0.231. The highest BCUT2D eigenvalue weighted by Crippen LogP contribution is 2.23. The zero-order chi connectivity index (χ0) is 12.3. The maximum Gasteiger partial charge on any atom is 0.346 e. The smallest absolute Gasteiger partial charge is 0.346 e. The topological polar surface area (TPSA) is 48.4 Å². The first-order valence-corrected chi connectivity index (χ1v) is 5.30. The number of rotatable bonds is 3. The lowest BCUT2D eigenvalue weighted by Crippen LogP contribution is -2.25. The molecule has 0 saturated heterocycles. The minimum atomic E-state index is -0.646. The maximum atomic E-state index is 11.3. The number of pyridine rings is 1. The molecule has 88 valence electrons. The summed E-state index contributed by atoms with van der Waals surface area (Å²) in [7, 11) is 1.34. The second-order valence-corrected chi connectivity index (χ2v) is 3.61. The molecule has 0 bridgehead atoms. The number of hydrogen-bond acceptors (Lipinski definition) is 4. The molecule has 0 spiro atoms. The van der Waals surface area contributed by atoms with Crippen LogP contribution < -0.4 is 4.74 Å². The van der Waals surface area contributed by atoms with Crippen molar-refractivity contribution in [1.29, 1.82) is 0 Å². The van der Waals surface area contributed by atoms with Gasteiger partial charge in [0.05, 0.1) is 7.11 Å². The highest BCUT2D eigenvalue weighted by Gasteiger charge is 2.16. The van der Waals surface area contributed by atoms with Crippen LogP contribution in [0.4, 0.5) is 0 Å². The van der Waals surface area contributed by atoms with Crippen LogP contribution in [-0.2, 0) is 9.53 Å². The van der Waals surface area contributed by atoms with Crippen molar-refractivity contribution in [3.05, 3.63) is 36.5 Å². The lowest BCUT2D eigenvalue weighted by atomic mass is 10.2.